The van der Waals surface area contributed by atoms with Gasteiger partial charge in [-0.1, -0.05) is 0 Å². The second-order valence-electron chi connectivity index (χ2n) is 6.33. The number of aliphatic hydroxyl groups is 1. The molecule has 3 heterocycles. The van der Waals surface area contributed by atoms with E-state index in [1.807, 2.05) is 7.05 Å². The highest BCUT2D eigenvalue weighted by Crippen LogP contribution is 2.34. The van der Waals surface area contributed by atoms with E-state index in [9.17, 15) is 5.11 Å². The van der Waals surface area contributed by atoms with Crippen LogP contribution in [0.4, 0.5) is 11.8 Å². The van der Waals surface area contributed by atoms with E-state index >= 15 is 0 Å². The second kappa shape index (κ2) is 5.58. The van der Waals surface area contributed by atoms with Gasteiger partial charge in [0.2, 0.25) is 5.95 Å². The molecule has 0 amide bonds. The molecule has 2 aliphatic rings. The fourth-order valence-electron chi connectivity index (χ4n) is 3.68. The Hall–Kier alpha value is -1.99. The third kappa shape index (κ3) is 2.40. The summed E-state index contributed by atoms with van der Waals surface area (Å²) in [6.07, 6.45) is 2.89. The van der Waals surface area contributed by atoms with Crippen LogP contribution in [0.3, 0.4) is 0 Å². The van der Waals surface area contributed by atoms with Gasteiger partial charge in [-0.05, 0) is 37.3 Å². The molecule has 1 aliphatic heterocycles. The van der Waals surface area contributed by atoms with Gasteiger partial charge in [-0.2, -0.15) is 9.97 Å². The summed E-state index contributed by atoms with van der Waals surface area (Å²) in [6.45, 7) is 3.35. The molecule has 122 valence electrons. The number of aryl methyl sites for hydroxylation is 2. The molecule has 0 radical (unpaired) electrons. The van der Waals surface area contributed by atoms with Gasteiger partial charge >= 0.3 is 0 Å². The van der Waals surface area contributed by atoms with E-state index in [0.717, 1.165) is 35.4 Å². The number of hydrogen-bond acceptors (Lipinski definition) is 7. The lowest BCUT2D eigenvalue weighted by atomic mass is 10.1. The lowest BCUT2D eigenvalue weighted by molar-refractivity contribution is 0.185. The normalized spacial score (nSPS) is 23.3. The first-order valence-corrected chi connectivity index (χ1v) is 8.20. The lowest BCUT2D eigenvalue weighted by Gasteiger charge is -2.17. The Balaban J connectivity index is 1.81. The van der Waals surface area contributed by atoms with Crippen molar-refractivity contribution in [1.82, 2.24) is 20.3 Å². The molecule has 0 bridgehead atoms. The molecule has 7 heteroatoms. The molecule has 2 aromatic heterocycles. The number of hydrogen-bond donors (Lipinski definition) is 4. The number of β-amino-alcohol motifs (C(OH)–C–C–N with tert-alkyl or cyclic N) is 1. The van der Waals surface area contributed by atoms with Crippen LogP contribution in [-0.4, -0.2) is 52.3 Å². The minimum absolute atomic E-state index is 0.0762. The number of pyridine rings is 1. The monoisotopic (exact) mass is 314 g/mol. The topological polar surface area (TPSA) is 95.0 Å². The number of fused-ring (bicyclic) bond motifs is 3. The summed E-state index contributed by atoms with van der Waals surface area (Å²) >= 11 is 0. The van der Waals surface area contributed by atoms with Crippen LogP contribution in [-0.2, 0) is 12.8 Å². The SMILES string of the molecule is CNc1nc(N[C@H]2CNC[C@@H]2O)nc2nc(C)c3c(c12)CCC3. The van der Waals surface area contributed by atoms with Crippen molar-refractivity contribution in [2.24, 2.45) is 0 Å². The molecule has 0 unspecified atom stereocenters. The van der Waals surface area contributed by atoms with Crippen molar-refractivity contribution in [1.29, 1.82) is 0 Å². The molecule has 4 N–H and O–H groups in total. The summed E-state index contributed by atoms with van der Waals surface area (Å²) in [7, 11) is 1.87. The Labute approximate surface area is 134 Å². The first-order chi connectivity index (χ1) is 11.2. The van der Waals surface area contributed by atoms with Gasteiger partial charge in [0.05, 0.1) is 17.5 Å². The summed E-state index contributed by atoms with van der Waals surface area (Å²) in [6, 6.07) is -0.0762. The third-order valence-corrected chi connectivity index (χ3v) is 4.85. The summed E-state index contributed by atoms with van der Waals surface area (Å²) in [5, 5.41) is 20.6. The maximum atomic E-state index is 9.95. The molecule has 1 aliphatic carbocycles. The van der Waals surface area contributed by atoms with Gasteiger partial charge in [-0.25, -0.2) is 4.98 Å². The highest BCUT2D eigenvalue weighted by atomic mass is 16.3. The highest BCUT2D eigenvalue weighted by Gasteiger charge is 2.27. The van der Waals surface area contributed by atoms with Gasteiger partial charge in [0, 0.05) is 25.8 Å². The van der Waals surface area contributed by atoms with Gasteiger partial charge in [0.1, 0.15) is 5.82 Å². The summed E-state index contributed by atoms with van der Waals surface area (Å²) in [4.78, 5) is 13.9. The molecule has 2 aromatic rings. The summed E-state index contributed by atoms with van der Waals surface area (Å²) in [5.74, 6) is 1.32. The number of aromatic nitrogens is 3. The van der Waals surface area contributed by atoms with Crippen LogP contribution in [0.2, 0.25) is 0 Å². The van der Waals surface area contributed by atoms with Crippen LogP contribution in [0.5, 0.6) is 0 Å². The highest BCUT2D eigenvalue weighted by molar-refractivity contribution is 5.92. The Morgan fingerprint density at radius 2 is 1.96 bits per heavy atom. The molecule has 2 atom stereocenters. The van der Waals surface area contributed by atoms with Crippen LogP contribution in [0.1, 0.15) is 23.2 Å². The van der Waals surface area contributed by atoms with Crippen molar-refractivity contribution in [2.45, 2.75) is 38.3 Å². The molecule has 1 fully saturated rings. The average Bonchev–Trinajstić information content (AvgIpc) is 3.16. The van der Waals surface area contributed by atoms with Crippen LogP contribution in [0, 0.1) is 6.92 Å². The van der Waals surface area contributed by atoms with Gasteiger partial charge in [-0.15, -0.1) is 0 Å². The van der Waals surface area contributed by atoms with Gasteiger partial charge in [0.25, 0.3) is 0 Å². The number of nitrogens with zero attached hydrogens (tertiary/aromatic N) is 3. The van der Waals surface area contributed by atoms with Crippen LogP contribution in [0.15, 0.2) is 0 Å². The first-order valence-electron chi connectivity index (χ1n) is 8.20. The summed E-state index contributed by atoms with van der Waals surface area (Å²) in [5.41, 5.74) is 4.49. The number of rotatable bonds is 3. The Morgan fingerprint density at radius 1 is 1.13 bits per heavy atom. The molecular weight excluding hydrogens is 292 g/mol. The zero-order valence-electron chi connectivity index (χ0n) is 13.5. The maximum absolute atomic E-state index is 9.95. The Morgan fingerprint density at radius 3 is 2.70 bits per heavy atom. The number of aliphatic hydroxyl groups excluding tert-OH is 1. The van der Waals surface area contributed by atoms with Gasteiger partial charge in [-0.3, -0.25) is 0 Å². The van der Waals surface area contributed by atoms with E-state index in [1.165, 1.54) is 17.5 Å². The molecule has 0 spiro atoms. The molecule has 0 aromatic carbocycles. The minimum atomic E-state index is -0.429. The van der Waals surface area contributed by atoms with Crippen LogP contribution >= 0.6 is 0 Å². The quantitative estimate of drug-likeness (QED) is 0.659. The van der Waals surface area contributed by atoms with E-state index in [2.05, 4.69) is 32.8 Å². The molecule has 4 rings (SSSR count). The zero-order chi connectivity index (χ0) is 16.0. The van der Waals surface area contributed by atoms with E-state index < -0.39 is 6.10 Å². The smallest absolute Gasteiger partial charge is 0.227 e. The van der Waals surface area contributed by atoms with Crippen molar-refractivity contribution >= 4 is 22.8 Å². The van der Waals surface area contributed by atoms with Gasteiger partial charge < -0.3 is 21.1 Å². The molecule has 23 heavy (non-hydrogen) atoms. The van der Waals surface area contributed by atoms with Gasteiger partial charge in [0.15, 0.2) is 5.65 Å². The first kappa shape index (κ1) is 14.6. The fraction of sp³-hybridized carbons (Fsp3) is 0.562. The minimum Gasteiger partial charge on any atom is -0.390 e. The molecule has 0 saturated carbocycles. The largest absolute Gasteiger partial charge is 0.390 e. The third-order valence-electron chi connectivity index (χ3n) is 4.85. The second-order valence-corrected chi connectivity index (χ2v) is 6.33. The van der Waals surface area contributed by atoms with Crippen LogP contribution in [0.25, 0.3) is 11.0 Å². The lowest BCUT2D eigenvalue weighted by Crippen LogP contribution is -2.32. The van der Waals surface area contributed by atoms with Crippen molar-refractivity contribution in [3.63, 3.8) is 0 Å². The van der Waals surface area contributed by atoms with E-state index in [4.69, 9.17) is 4.98 Å². The average molecular weight is 314 g/mol. The molecular formula is C16H22N6O. The van der Waals surface area contributed by atoms with Crippen molar-refractivity contribution < 1.29 is 5.11 Å². The van der Waals surface area contributed by atoms with E-state index in [1.54, 1.807) is 0 Å². The fourth-order valence-corrected chi connectivity index (χ4v) is 3.68. The van der Waals surface area contributed by atoms with E-state index in [0.29, 0.717) is 19.0 Å². The number of nitrogens with one attached hydrogen (secondary N) is 3. The van der Waals surface area contributed by atoms with Crippen LogP contribution < -0.4 is 16.0 Å². The standard InChI is InChI=1S/C16H22N6O/c1-8-9-4-3-5-10(9)13-14(17-2)21-16(22-15(13)19-8)20-11-6-18-7-12(11)23/h11-12,18,23H,3-7H2,1-2H3,(H2,17,19,20,21,22)/t11-,12-/m0/s1. The van der Waals surface area contributed by atoms with Crippen molar-refractivity contribution in [3.05, 3.63) is 16.8 Å². The van der Waals surface area contributed by atoms with Crippen molar-refractivity contribution in [3.8, 4) is 0 Å². The predicted octanol–water partition coefficient (Wildman–Crippen LogP) is 0.608. The summed E-state index contributed by atoms with van der Waals surface area (Å²) < 4.78 is 0. The Kier molecular flexibility index (Phi) is 3.54. The molecule has 1 saturated heterocycles. The zero-order valence-corrected chi connectivity index (χ0v) is 13.5. The predicted molar refractivity (Wildman–Crippen MR) is 89.9 cm³/mol. The Bertz CT molecular complexity index is 762. The number of anilines is 2. The van der Waals surface area contributed by atoms with E-state index in [-0.39, 0.29) is 6.04 Å². The maximum Gasteiger partial charge on any atom is 0.227 e. The van der Waals surface area contributed by atoms with Crippen molar-refractivity contribution in [2.75, 3.05) is 30.8 Å². The molecule has 7 nitrogen and oxygen atoms in total.